The summed E-state index contributed by atoms with van der Waals surface area (Å²) >= 11 is 9.32. The van der Waals surface area contributed by atoms with Crippen molar-refractivity contribution < 1.29 is 14.3 Å². The molecule has 0 bridgehead atoms. The zero-order valence-electron chi connectivity index (χ0n) is 12.9. The van der Waals surface area contributed by atoms with Crippen molar-refractivity contribution in [1.29, 1.82) is 0 Å². The van der Waals surface area contributed by atoms with Crippen LogP contribution in [-0.4, -0.2) is 18.4 Å². The number of rotatable bonds is 6. The first-order chi connectivity index (χ1) is 11.5. The fraction of sp³-hybridized carbons (Fsp3) is 0.176. The number of amides is 2. The predicted molar refractivity (Wildman–Crippen MR) is 98.6 cm³/mol. The van der Waals surface area contributed by atoms with Crippen molar-refractivity contribution in [2.45, 2.75) is 13.3 Å². The van der Waals surface area contributed by atoms with Gasteiger partial charge in [0.25, 0.3) is 5.91 Å². The third-order valence-electron chi connectivity index (χ3n) is 3.03. The maximum absolute atomic E-state index is 11.9. The van der Waals surface area contributed by atoms with Gasteiger partial charge in [-0.2, -0.15) is 0 Å². The Labute approximate surface area is 153 Å². The molecule has 0 atom stereocenters. The maximum Gasteiger partial charge on any atom is 0.262 e. The first-order valence-corrected chi connectivity index (χ1v) is 8.42. The minimum absolute atomic E-state index is 0.0634. The zero-order chi connectivity index (χ0) is 17.5. The lowest BCUT2D eigenvalue weighted by Crippen LogP contribution is -2.20. The van der Waals surface area contributed by atoms with Gasteiger partial charge in [-0.25, -0.2) is 0 Å². The second kappa shape index (κ2) is 8.70. The van der Waals surface area contributed by atoms with E-state index in [2.05, 4.69) is 26.6 Å². The number of halogens is 2. The molecule has 0 aliphatic rings. The molecule has 0 spiro atoms. The third kappa shape index (κ3) is 5.54. The van der Waals surface area contributed by atoms with E-state index in [-0.39, 0.29) is 18.4 Å². The molecule has 0 aliphatic heterocycles. The predicted octanol–water partition coefficient (Wildman–Crippen LogP) is 4.47. The van der Waals surface area contributed by atoms with Gasteiger partial charge in [-0.05, 0) is 42.5 Å². The summed E-state index contributed by atoms with van der Waals surface area (Å²) < 4.78 is 6.23. The lowest BCUT2D eigenvalue weighted by Gasteiger charge is -2.10. The molecule has 24 heavy (non-hydrogen) atoms. The molecule has 2 aromatic rings. The topological polar surface area (TPSA) is 67.4 Å². The summed E-state index contributed by atoms with van der Waals surface area (Å²) in [6, 6.07) is 12.0. The van der Waals surface area contributed by atoms with Gasteiger partial charge in [0, 0.05) is 22.3 Å². The van der Waals surface area contributed by atoms with E-state index in [0.29, 0.717) is 28.6 Å². The van der Waals surface area contributed by atoms with Gasteiger partial charge >= 0.3 is 0 Å². The Hall–Kier alpha value is -2.05. The van der Waals surface area contributed by atoms with Crippen LogP contribution in [-0.2, 0) is 9.59 Å². The normalized spacial score (nSPS) is 10.1. The number of carbonyl (C=O) groups excluding carboxylic acids is 2. The molecule has 2 amide bonds. The molecule has 0 aliphatic carbocycles. The van der Waals surface area contributed by atoms with Gasteiger partial charge in [0.2, 0.25) is 5.91 Å². The standard InChI is InChI=1S/C17H16BrClN2O3/c1-2-16(22)20-12-4-6-13(7-5-12)21-17(23)10-24-15-8-3-11(18)9-14(15)19/h3-9H,2,10H2,1H3,(H,20,22)(H,21,23). The summed E-state index contributed by atoms with van der Waals surface area (Å²) in [6.45, 7) is 1.62. The average molecular weight is 412 g/mol. The lowest BCUT2D eigenvalue weighted by atomic mass is 10.2. The van der Waals surface area contributed by atoms with Crippen molar-refractivity contribution in [3.05, 3.63) is 52.0 Å². The highest BCUT2D eigenvalue weighted by Gasteiger charge is 2.07. The molecule has 0 fully saturated rings. The fourth-order valence-electron chi connectivity index (χ4n) is 1.82. The van der Waals surface area contributed by atoms with Crippen LogP contribution in [0, 0.1) is 0 Å². The van der Waals surface area contributed by atoms with E-state index in [1.807, 2.05) is 0 Å². The molecule has 2 aromatic carbocycles. The van der Waals surface area contributed by atoms with E-state index in [4.69, 9.17) is 16.3 Å². The molecule has 5 nitrogen and oxygen atoms in total. The number of anilines is 2. The molecule has 0 heterocycles. The molecular weight excluding hydrogens is 396 g/mol. The molecule has 0 saturated carbocycles. The summed E-state index contributed by atoms with van der Waals surface area (Å²) in [6.07, 6.45) is 0.411. The van der Waals surface area contributed by atoms with Gasteiger partial charge in [0.15, 0.2) is 6.61 Å². The first-order valence-electron chi connectivity index (χ1n) is 7.25. The van der Waals surface area contributed by atoms with Crippen LogP contribution in [0.2, 0.25) is 5.02 Å². The van der Waals surface area contributed by atoms with Crippen LogP contribution >= 0.6 is 27.5 Å². The molecule has 0 radical (unpaired) electrons. The Kier molecular flexibility index (Phi) is 6.63. The molecule has 2 N–H and O–H groups in total. The van der Waals surface area contributed by atoms with Crippen molar-refractivity contribution in [1.82, 2.24) is 0 Å². The van der Waals surface area contributed by atoms with Crippen molar-refractivity contribution in [3.8, 4) is 5.75 Å². The van der Waals surface area contributed by atoms with E-state index in [9.17, 15) is 9.59 Å². The van der Waals surface area contributed by atoms with E-state index in [1.165, 1.54) is 0 Å². The number of hydrogen-bond donors (Lipinski definition) is 2. The Morgan fingerprint density at radius 2 is 1.62 bits per heavy atom. The van der Waals surface area contributed by atoms with E-state index in [1.54, 1.807) is 49.4 Å². The summed E-state index contributed by atoms with van der Waals surface area (Å²) in [5.41, 5.74) is 1.29. The number of nitrogens with one attached hydrogen (secondary N) is 2. The Bertz CT molecular complexity index is 735. The van der Waals surface area contributed by atoms with Gasteiger partial charge in [-0.3, -0.25) is 9.59 Å². The van der Waals surface area contributed by atoms with Crippen LogP contribution < -0.4 is 15.4 Å². The second-order valence-corrected chi connectivity index (χ2v) is 6.21. The van der Waals surface area contributed by atoms with Crippen molar-refractivity contribution >= 4 is 50.7 Å². The van der Waals surface area contributed by atoms with Crippen LogP contribution in [0.25, 0.3) is 0 Å². The lowest BCUT2D eigenvalue weighted by molar-refractivity contribution is -0.118. The molecule has 0 saturated heterocycles. The molecule has 0 unspecified atom stereocenters. The summed E-state index contributed by atoms with van der Waals surface area (Å²) in [7, 11) is 0. The van der Waals surface area contributed by atoms with E-state index < -0.39 is 0 Å². The molecule has 7 heteroatoms. The largest absolute Gasteiger partial charge is 0.482 e. The van der Waals surface area contributed by atoms with Crippen molar-refractivity contribution in [3.63, 3.8) is 0 Å². The Balaban J connectivity index is 1.86. The average Bonchev–Trinajstić information content (AvgIpc) is 2.55. The van der Waals surface area contributed by atoms with Crippen LogP contribution in [0.15, 0.2) is 46.9 Å². The first kappa shape index (κ1) is 18.3. The van der Waals surface area contributed by atoms with Crippen LogP contribution in [0.4, 0.5) is 11.4 Å². The smallest absolute Gasteiger partial charge is 0.262 e. The zero-order valence-corrected chi connectivity index (χ0v) is 15.3. The molecule has 0 aromatic heterocycles. The van der Waals surface area contributed by atoms with Crippen molar-refractivity contribution in [2.24, 2.45) is 0 Å². The van der Waals surface area contributed by atoms with Gasteiger partial charge in [0.05, 0.1) is 5.02 Å². The number of hydrogen-bond acceptors (Lipinski definition) is 3. The molecule has 2 rings (SSSR count). The Morgan fingerprint density at radius 3 is 2.17 bits per heavy atom. The third-order valence-corrected chi connectivity index (χ3v) is 3.81. The highest BCUT2D eigenvalue weighted by atomic mass is 79.9. The van der Waals surface area contributed by atoms with E-state index >= 15 is 0 Å². The molecule has 126 valence electrons. The Morgan fingerprint density at radius 1 is 1.04 bits per heavy atom. The highest BCUT2D eigenvalue weighted by molar-refractivity contribution is 9.10. The van der Waals surface area contributed by atoms with Gasteiger partial charge in [0.1, 0.15) is 5.75 Å². The molecular formula is C17H16BrClN2O3. The fourth-order valence-corrected chi connectivity index (χ4v) is 2.55. The monoisotopic (exact) mass is 410 g/mol. The summed E-state index contributed by atoms with van der Waals surface area (Å²) in [5.74, 6) is 0.0681. The number of carbonyl (C=O) groups is 2. The van der Waals surface area contributed by atoms with Crippen LogP contribution in [0.1, 0.15) is 13.3 Å². The number of benzene rings is 2. The number of ether oxygens (including phenoxy) is 1. The minimum Gasteiger partial charge on any atom is -0.482 e. The SMILES string of the molecule is CCC(=O)Nc1ccc(NC(=O)COc2ccc(Br)cc2Cl)cc1. The highest BCUT2D eigenvalue weighted by Crippen LogP contribution is 2.27. The van der Waals surface area contributed by atoms with Crippen LogP contribution in [0.5, 0.6) is 5.75 Å². The summed E-state index contributed by atoms with van der Waals surface area (Å²) in [5, 5.41) is 5.87. The quantitative estimate of drug-likeness (QED) is 0.737. The van der Waals surface area contributed by atoms with Crippen LogP contribution in [0.3, 0.4) is 0 Å². The van der Waals surface area contributed by atoms with Gasteiger partial charge in [-0.1, -0.05) is 34.5 Å². The van der Waals surface area contributed by atoms with Gasteiger partial charge < -0.3 is 15.4 Å². The minimum atomic E-state index is -0.306. The van der Waals surface area contributed by atoms with Crippen molar-refractivity contribution in [2.75, 3.05) is 17.2 Å². The van der Waals surface area contributed by atoms with E-state index in [0.717, 1.165) is 4.47 Å². The summed E-state index contributed by atoms with van der Waals surface area (Å²) in [4.78, 5) is 23.2. The second-order valence-electron chi connectivity index (χ2n) is 4.89. The maximum atomic E-state index is 11.9. The van der Waals surface area contributed by atoms with Gasteiger partial charge in [-0.15, -0.1) is 0 Å².